The second kappa shape index (κ2) is 6.54. The molecule has 1 rings (SSSR count). The Balaban J connectivity index is 2.72. The molecule has 0 bridgehead atoms. The van der Waals surface area contributed by atoms with E-state index in [0.717, 1.165) is 0 Å². The Labute approximate surface area is 117 Å². The van der Waals surface area contributed by atoms with Crippen molar-refractivity contribution in [1.82, 2.24) is 10.3 Å². The average molecular weight is 290 g/mol. The van der Waals surface area contributed by atoms with Crippen molar-refractivity contribution in [3.63, 3.8) is 0 Å². The van der Waals surface area contributed by atoms with Crippen molar-refractivity contribution in [1.29, 1.82) is 0 Å². The Kier molecular flexibility index (Phi) is 5.53. The first-order valence-corrected chi connectivity index (χ1v) is 6.54. The van der Waals surface area contributed by atoms with Gasteiger partial charge in [0.2, 0.25) is 0 Å². The second-order valence-corrected chi connectivity index (χ2v) is 5.55. The Bertz CT molecular complexity index is 405. The summed E-state index contributed by atoms with van der Waals surface area (Å²) in [6, 6.07) is 1.43. The van der Waals surface area contributed by atoms with Gasteiger partial charge in [-0.25, -0.2) is 0 Å². The third kappa shape index (κ3) is 5.09. The zero-order valence-electron chi connectivity index (χ0n) is 11.9. The van der Waals surface area contributed by atoms with E-state index in [4.69, 9.17) is 0 Å². The standard InChI is InChI=1S/C14H21F3N2O/c1-10(2)13(3,20)9-19-12(14(15,16)17)8-11-4-6-18-7-5-11/h4-7,10,12,19-20H,8-9H2,1-3H3. The number of rotatable bonds is 6. The quantitative estimate of drug-likeness (QED) is 0.846. The molecule has 2 atom stereocenters. The van der Waals surface area contributed by atoms with Gasteiger partial charge < -0.3 is 10.4 Å². The molecule has 0 aliphatic carbocycles. The van der Waals surface area contributed by atoms with Crippen LogP contribution in [0.1, 0.15) is 26.3 Å². The molecule has 0 radical (unpaired) electrons. The normalized spacial score (nSPS) is 17.0. The molecular weight excluding hydrogens is 269 g/mol. The smallest absolute Gasteiger partial charge is 0.389 e. The lowest BCUT2D eigenvalue weighted by Gasteiger charge is -2.31. The average Bonchev–Trinajstić information content (AvgIpc) is 2.34. The van der Waals surface area contributed by atoms with Crippen molar-refractivity contribution < 1.29 is 18.3 Å². The summed E-state index contributed by atoms with van der Waals surface area (Å²) in [5.41, 5.74) is -0.624. The van der Waals surface area contributed by atoms with Gasteiger partial charge in [0.15, 0.2) is 0 Å². The van der Waals surface area contributed by atoms with Crippen molar-refractivity contribution in [3.05, 3.63) is 30.1 Å². The molecule has 0 fully saturated rings. The van der Waals surface area contributed by atoms with Gasteiger partial charge in [-0.15, -0.1) is 0 Å². The maximum absolute atomic E-state index is 13.0. The van der Waals surface area contributed by atoms with Gasteiger partial charge >= 0.3 is 6.18 Å². The Hall–Kier alpha value is -1.14. The lowest BCUT2D eigenvalue weighted by Crippen LogP contribution is -2.51. The lowest BCUT2D eigenvalue weighted by molar-refractivity contribution is -0.158. The van der Waals surface area contributed by atoms with E-state index in [2.05, 4.69) is 10.3 Å². The van der Waals surface area contributed by atoms with E-state index in [1.165, 1.54) is 19.3 Å². The predicted octanol–water partition coefficient (Wildman–Crippen LogP) is 2.55. The van der Waals surface area contributed by atoms with Crippen LogP contribution in [0.4, 0.5) is 13.2 Å². The summed E-state index contributed by atoms with van der Waals surface area (Å²) in [6.07, 6.45) is -1.61. The Morgan fingerprint density at radius 3 is 2.25 bits per heavy atom. The molecule has 6 heteroatoms. The van der Waals surface area contributed by atoms with Gasteiger partial charge in [-0.3, -0.25) is 4.98 Å². The first-order chi connectivity index (χ1) is 9.13. The highest BCUT2D eigenvalue weighted by Gasteiger charge is 2.40. The lowest BCUT2D eigenvalue weighted by atomic mass is 9.92. The first-order valence-electron chi connectivity index (χ1n) is 6.54. The van der Waals surface area contributed by atoms with Gasteiger partial charge in [-0.05, 0) is 37.0 Å². The molecule has 1 aromatic rings. The minimum absolute atomic E-state index is 0.111. The van der Waals surface area contributed by atoms with Crippen LogP contribution in [-0.4, -0.2) is 34.5 Å². The van der Waals surface area contributed by atoms with Gasteiger partial charge in [0, 0.05) is 18.9 Å². The number of hydrogen-bond donors (Lipinski definition) is 2. The number of hydrogen-bond acceptors (Lipinski definition) is 3. The number of halogens is 3. The number of nitrogens with one attached hydrogen (secondary N) is 1. The van der Waals surface area contributed by atoms with Crippen molar-refractivity contribution in [3.8, 4) is 0 Å². The summed E-state index contributed by atoms with van der Waals surface area (Å²) in [7, 11) is 0. The maximum atomic E-state index is 13.0. The fourth-order valence-corrected chi connectivity index (χ4v) is 1.59. The highest BCUT2D eigenvalue weighted by atomic mass is 19.4. The molecule has 0 amide bonds. The van der Waals surface area contributed by atoms with Crippen LogP contribution in [-0.2, 0) is 6.42 Å². The minimum Gasteiger partial charge on any atom is -0.389 e. The highest BCUT2D eigenvalue weighted by molar-refractivity contribution is 5.12. The van der Waals surface area contributed by atoms with E-state index < -0.39 is 17.8 Å². The van der Waals surface area contributed by atoms with E-state index in [9.17, 15) is 18.3 Å². The molecule has 0 saturated heterocycles. The SMILES string of the molecule is CC(C)C(C)(O)CNC(Cc1ccncc1)C(F)(F)F. The molecular formula is C14H21F3N2O. The fraction of sp³-hybridized carbons (Fsp3) is 0.643. The summed E-state index contributed by atoms with van der Waals surface area (Å²) in [4.78, 5) is 3.78. The minimum atomic E-state index is -4.36. The third-order valence-corrected chi connectivity index (χ3v) is 3.53. The number of aliphatic hydroxyl groups is 1. The first kappa shape index (κ1) is 16.9. The number of pyridine rings is 1. The Morgan fingerprint density at radius 1 is 1.25 bits per heavy atom. The molecule has 114 valence electrons. The third-order valence-electron chi connectivity index (χ3n) is 3.53. The van der Waals surface area contributed by atoms with Crippen LogP contribution in [0.2, 0.25) is 0 Å². The molecule has 0 aromatic carbocycles. The largest absolute Gasteiger partial charge is 0.404 e. The number of aromatic nitrogens is 1. The summed E-state index contributed by atoms with van der Waals surface area (Å²) in [5.74, 6) is -0.134. The molecule has 0 aliphatic rings. The maximum Gasteiger partial charge on any atom is 0.404 e. The van der Waals surface area contributed by atoms with Crippen molar-refractivity contribution in [2.24, 2.45) is 5.92 Å². The van der Waals surface area contributed by atoms with Crippen LogP contribution in [0.5, 0.6) is 0 Å². The summed E-state index contributed by atoms with van der Waals surface area (Å²) in [5, 5.41) is 12.5. The van der Waals surface area contributed by atoms with E-state index in [0.29, 0.717) is 5.56 Å². The van der Waals surface area contributed by atoms with E-state index in [-0.39, 0.29) is 18.9 Å². The van der Waals surface area contributed by atoms with Crippen molar-refractivity contribution >= 4 is 0 Å². The summed E-state index contributed by atoms with van der Waals surface area (Å²) in [6.45, 7) is 4.96. The molecule has 20 heavy (non-hydrogen) atoms. The van der Waals surface area contributed by atoms with E-state index >= 15 is 0 Å². The van der Waals surface area contributed by atoms with E-state index in [1.807, 2.05) is 0 Å². The summed E-state index contributed by atoms with van der Waals surface area (Å²) < 4.78 is 39.1. The zero-order valence-corrected chi connectivity index (χ0v) is 11.9. The zero-order chi connectivity index (χ0) is 15.4. The molecule has 2 N–H and O–H groups in total. The molecule has 0 spiro atoms. The van der Waals surface area contributed by atoms with Crippen molar-refractivity contribution in [2.45, 2.75) is 45.0 Å². The molecule has 0 aliphatic heterocycles. The van der Waals surface area contributed by atoms with Crippen LogP contribution in [0, 0.1) is 5.92 Å². The number of alkyl halides is 3. The predicted molar refractivity (Wildman–Crippen MR) is 71.2 cm³/mol. The molecule has 1 heterocycles. The van der Waals surface area contributed by atoms with Crippen LogP contribution in [0.15, 0.2) is 24.5 Å². The highest BCUT2D eigenvalue weighted by Crippen LogP contribution is 2.24. The van der Waals surface area contributed by atoms with Crippen LogP contribution >= 0.6 is 0 Å². The van der Waals surface area contributed by atoms with Crippen LogP contribution in [0.3, 0.4) is 0 Å². The molecule has 2 unspecified atom stereocenters. The van der Waals surface area contributed by atoms with Gasteiger partial charge in [0.25, 0.3) is 0 Å². The summed E-state index contributed by atoms with van der Waals surface area (Å²) >= 11 is 0. The molecule has 1 aromatic heterocycles. The van der Waals surface area contributed by atoms with Gasteiger partial charge in [-0.1, -0.05) is 13.8 Å². The Morgan fingerprint density at radius 2 is 1.80 bits per heavy atom. The molecule has 0 saturated carbocycles. The van der Waals surface area contributed by atoms with Gasteiger partial charge in [-0.2, -0.15) is 13.2 Å². The molecule has 3 nitrogen and oxygen atoms in total. The van der Waals surface area contributed by atoms with Crippen LogP contribution < -0.4 is 5.32 Å². The fourth-order valence-electron chi connectivity index (χ4n) is 1.59. The van der Waals surface area contributed by atoms with E-state index in [1.54, 1.807) is 26.0 Å². The second-order valence-electron chi connectivity index (χ2n) is 5.55. The van der Waals surface area contributed by atoms with Gasteiger partial charge in [0.1, 0.15) is 6.04 Å². The topological polar surface area (TPSA) is 45.1 Å². The number of nitrogens with zero attached hydrogens (tertiary/aromatic N) is 1. The van der Waals surface area contributed by atoms with Crippen LogP contribution in [0.25, 0.3) is 0 Å². The monoisotopic (exact) mass is 290 g/mol. The van der Waals surface area contributed by atoms with Crippen molar-refractivity contribution in [2.75, 3.05) is 6.54 Å². The van der Waals surface area contributed by atoms with Gasteiger partial charge in [0.05, 0.1) is 5.60 Å².